The molecule has 1 fully saturated rings. The Morgan fingerprint density at radius 3 is 2.28 bits per heavy atom. The number of allylic oxidation sites excluding steroid dienone is 1. The molecule has 0 aliphatic carbocycles. The number of rotatable bonds is 7. The van der Waals surface area contributed by atoms with E-state index in [0.717, 1.165) is 19.3 Å². The van der Waals surface area contributed by atoms with Gasteiger partial charge in [-0.25, -0.2) is 8.42 Å². The van der Waals surface area contributed by atoms with Crippen LogP contribution in [0.5, 0.6) is 11.5 Å². The number of nitrogens with zero attached hydrogens (tertiary/aromatic N) is 1. The maximum absolute atomic E-state index is 12.7. The van der Waals surface area contributed by atoms with E-state index in [-0.39, 0.29) is 10.7 Å². The average Bonchev–Trinajstić information content (AvgIpc) is 2.77. The highest BCUT2D eigenvalue weighted by molar-refractivity contribution is 7.89. The number of hydrogen-bond acceptors (Lipinski definition) is 5. The van der Waals surface area contributed by atoms with Crippen LogP contribution in [0.2, 0.25) is 0 Å². The Morgan fingerprint density at radius 2 is 1.66 bits per heavy atom. The standard InChI is InChI=1S/C22H25NO5S/c1-27-21-8-6-7-18(22(21)28-2)11-14-20(24)17-9-12-19(13-10-17)29(25,26)23-15-4-3-5-16-23/h6-14H,3-5,15-16H2,1-2H3/b14-11+. The summed E-state index contributed by atoms with van der Waals surface area (Å²) >= 11 is 0. The molecular formula is C22H25NO5S. The lowest BCUT2D eigenvalue weighted by Gasteiger charge is -2.25. The van der Waals surface area contributed by atoms with Crippen molar-refractivity contribution in [3.05, 3.63) is 59.7 Å². The fourth-order valence-electron chi connectivity index (χ4n) is 3.35. The fourth-order valence-corrected chi connectivity index (χ4v) is 4.87. The van der Waals surface area contributed by atoms with Crippen molar-refractivity contribution in [1.82, 2.24) is 4.31 Å². The van der Waals surface area contributed by atoms with Crippen molar-refractivity contribution < 1.29 is 22.7 Å². The third-order valence-corrected chi connectivity index (χ3v) is 6.85. The van der Waals surface area contributed by atoms with Gasteiger partial charge in [0, 0.05) is 24.2 Å². The van der Waals surface area contributed by atoms with Gasteiger partial charge in [0.25, 0.3) is 0 Å². The molecule has 6 nitrogen and oxygen atoms in total. The number of sulfonamides is 1. The smallest absolute Gasteiger partial charge is 0.243 e. The normalized spacial score (nSPS) is 15.4. The number of piperidine rings is 1. The summed E-state index contributed by atoms with van der Waals surface area (Å²) in [4.78, 5) is 12.7. The van der Waals surface area contributed by atoms with Gasteiger partial charge in [0.15, 0.2) is 17.3 Å². The minimum atomic E-state index is -3.50. The van der Waals surface area contributed by atoms with E-state index < -0.39 is 10.0 Å². The van der Waals surface area contributed by atoms with Crippen molar-refractivity contribution in [1.29, 1.82) is 0 Å². The van der Waals surface area contributed by atoms with Gasteiger partial charge >= 0.3 is 0 Å². The molecule has 2 aromatic rings. The van der Waals surface area contributed by atoms with Crippen molar-refractivity contribution >= 4 is 21.9 Å². The van der Waals surface area contributed by atoms with E-state index in [1.165, 1.54) is 22.5 Å². The van der Waals surface area contributed by atoms with Crippen LogP contribution in [0.25, 0.3) is 6.08 Å². The second kappa shape index (κ2) is 9.24. The zero-order valence-corrected chi connectivity index (χ0v) is 17.4. The molecule has 0 saturated carbocycles. The van der Waals surface area contributed by atoms with Crippen LogP contribution < -0.4 is 9.47 Å². The minimum Gasteiger partial charge on any atom is -0.493 e. The van der Waals surface area contributed by atoms with E-state index in [0.29, 0.717) is 35.7 Å². The number of ketones is 1. The molecule has 0 unspecified atom stereocenters. The Labute approximate surface area is 171 Å². The first-order chi connectivity index (χ1) is 14.0. The molecule has 0 amide bonds. The van der Waals surface area contributed by atoms with Crippen molar-refractivity contribution in [2.24, 2.45) is 0 Å². The molecule has 7 heteroatoms. The number of carbonyl (C=O) groups excluding carboxylic acids is 1. The van der Waals surface area contributed by atoms with Gasteiger partial charge in [0.1, 0.15) is 0 Å². The summed E-state index contributed by atoms with van der Waals surface area (Å²) in [6.45, 7) is 1.10. The number of benzene rings is 2. The molecule has 0 radical (unpaired) electrons. The Kier molecular flexibility index (Phi) is 6.71. The highest BCUT2D eigenvalue weighted by Gasteiger charge is 2.25. The van der Waals surface area contributed by atoms with Crippen molar-refractivity contribution in [3.63, 3.8) is 0 Å². The van der Waals surface area contributed by atoms with Gasteiger partial charge in [-0.15, -0.1) is 0 Å². The summed E-state index contributed by atoms with van der Waals surface area (Å²) in [6.07, 6.45) is 5.92. The van der Waals surface area contributed by atoms with Gasteiger partial charge in [0.2, 0.25) is 10.0 Å². The first-order valence-electron chi connectivity index (χ1n) is 9.51. The van der Waals surface area contributed by atoms with Crippen LogP contribution in [0.3, 0.4) is 0 Å². The van der Waals surface area contributed by atoms with Crippen LogP contribution in [0, 0.1) is 0 Å². The maximum Gasteiger partial charge on any atom is 0.243 e. The average molecular weight is 416 g/mol. The molecule has 1 aliphatic heterocycles. The summed E-state index contributed by atoms with van der Waals surface area (Å²) in [5.74, 6) is 0.896. The largest absolute Gasteiger partial charge is 0.493 e. The van der Waals surface area contributed by atoms with Crippen LogP contribution >= 0.6 is 0 Å². The predicted molar refractivity (Wildman–Crippen MR) is 112 cm³/mol. The molecule has 29 heavy (non-hydrogen) atoms. The molecule has 1 aliphatic rings. The van der Waals surface area contributed by atoms with E-state index in [4.69, 9.17) is 9.47 Å². The fraction of sp³-hybridized carbons (Fsp3) is 0.318. The lowest BCUT2D eigenvalue weighted by molar-refractivity contribution is 0.104. The van der Waals surface area contributed by atoms with Crippen molar-refractivity contribution in [2.45, 2.75) is 24.2 Å². The summed E-state index contributed by atoms with van der Waals surface area (Å²) < 4.78 is 37.6. The van der Waals surface area contributed by atoms with Gasteiger partial charge in [-0.2, -0.15) is 4.31 Å². The molecule has 0 N–H and O–H groups in total. The van der Waals surface area contributed by atoms with Gasteiger partial charge in [0.05, 0.1) is 19.1 Å². The topological polar surface area (TPSA) is 72.9 Å². The lowest BCUT2D eigenvalue weighted by Crippen LogP contribution is -2.35. The summed E-state index contributed by atoms with van der Waals surface area (Å²) in [6, 6.07) is 11.5. The SMILES string of the molecule is COc1cccc(/C=C/C(=O)c2ccc(S(=O)(=O)N3CCCCC3)cc2)c1OC. The highest BCUT2D eigenvalue weighted by Crippen LogP contribution is 2.31. The van der Waals surface area contributed by atoms with Gasteiger partial charge < -0.3 is 9.47 Å². The van der Waals surface area contributed by atoms with E-state index >= 15 is 0 Å². The molecule has 0 spiro atoms. The predicted octanol–water partition coefficient (Wildman–Crippen LogP) is 3.77. The molecule has 2 aromatic carbocycles. The number of carbonyl (C=O) groups is 1. The monoisotopic (exact) mass is 415 g/mol. The Bertz CT molecular complexity index is 990. The van der Waals surface area contributed by atoms with Crippen LogP contribution in [-0.2, 0) is 10.0 Å². The number of methoxy groups -OCH3 is 2. The number of para-hydroxylation sites is 1. The van der Waals surface area contributed by atoms with Crippen LogP contribution in [0.4, 0.5) is 0 Å². The molecule has 1 heterocycles. The molecule has 154 valence electrons. The Balaban J connectivity index is 1.77. The first kappa shape index (κ1) is 21.1. The maximum atomic E-state index is 12.7. The van der Waals surface area contributed by atoms with Gasteiger partial charge in [-0.05, 0) is 55.3 Å². The second-order valence-electron chi connectivity index (χ2n) is 6.77. The number of ether oxygens (including phenoxy) is 2. The lowest BCUT2D eigenvalue weighted by atomic mass is 10.1. The van der Waals surface area contributed by atoms with E-state index in [1.807, 2.05) is 12.1 Å². The molecule has 0 bridgehead atoms. The molecule has 1 saturated heterocycles. The highest BCUT2D eigenvalue weighted by atomic mass is 32.2. The van der Waals surface area contributed by atoms with Crippen molar-refractivity contribution in [3.8, 4) is 11.5 Å². The molecular weight excluding hydrogens is 390 g/mol. The molecule has 3 rings (SSSR count). The van der Waals surface area contributed by atoms with E-state index in [9.17, 15) is 13.2 Å². The van der Waals surface area contributed by atoms with Gasteiger partial charge in [-0.1, -0.05) is 18.6 Å². The minimum absolute atomic E-state index is 0.217. The zero-order chi connectivity index (χ0) is 20.9. The second-order valence-corrected chi connectivity index (χ2v) is 8.71. The van der Waals surface area contributed by atoms with Crippen molar-refractivity contribution in [2.75, 3.05) is 27.3 Å². The molecule has 0 atom stereocenters. The summed E-state index contributed by atoms with van der Waals surface area (Å²) in [7, 11) is -0.411. The summed E-state index contributed by atoms with van der Waals surface area (Å²) in [5, 5.41) is 0. The van der Waals surface area contributed by atoms with Crippen LogP contribution in [-0.4, -0.2) is 45.8 Å². The third kappa shape index (κ3) is 4.68. The number of hydrogen-bond donors (Lipinski definition) is 0. The van der Waals surface area contributed by atoms with E-state index in [1.54, 1.807) is 38.5 Å². The first-order valence-corrected chi connectivity index (χ1v) is 10.9. The molecule has 0 aromatic heterocycles. The van der Waals surface area contributed by atoms with Gasteiger partial charge in [-0.3, -0.25) is 4.79 Å². The van der Waals surface area contributed by atoms with Crippen LogP contribution in [0.1, 0.15) is 35.2 Å². The Hall–Kier alpha value is -2.64. The quantitative estimate of drug-likeness (QED) is 0.508. The van der Waals surface area contributed by atoms with E-state index in [2.05, 4.69) is 0 Å². The summed E-state index contributed by atoms with van der Waals surface area (Å²) in [5.41, 5.74) is 1.13. The zero-order valence-electron chi connectivity index (χ0n) is 16.6. The van der Waals surface area contributed by atoms with Crippen LogP contribution in [0.15, 0.2) is 53.4 Å². The Morgan fingerprint density at radius 1 is 0.966 bits per heavy atom. The third-order valence-electron chi connectivity index (χ3n) is 4.94.